The molecule has 5 nitrogen and oxygen atoms in total. The van der Waals surface area contributed by atoms with Crippen molar-refractivity contribution in [1.29, 1.82) is 5.26 Å². The fraction of sp³-hybridized carbons (Fsp3) is 0.150. The molecule has 3 aromatic rings. The number of hydrogen-bond acceptors (Lipinski definition) is 5. The van der Waals surface area contributed by atoms with E-state index in [1.807, 2.05) is 56.3 Å². The summed E-state index contributed by atoms with van der Waals surface area (Å²) < 4.78 is 11.4. The maximum atomic E-state index is 9.31. The topological polar surface area (TPSA) is 68.0 Å². The van der Waals surface area contributed by atoms with E-state index in [0.717, 1.165) is 16.9 Å². The molecule has 0 aliphatic carbocycles. The molecule has 5 heteroatoms. The highest BCUT2D eigenvalue weighted by molar-refractivity contribution is 5.46. The summed E-state index contributed by atoms with van der Waals surface area (Å²) in [5.41, 5.74) is 2.99. The molecule has 1 heterocycles. The molecule has 0 aliphatic rings. The van der Waals surface area contributed by atoms with Gasteiger partial charge in [0.25, 0.3) is 5.88 Å². The van der Waals surface area contributed by atoms with E-state index in [1.165, 1.54) is 0 Å². The predicted molar refractivity (Wildman–Crippen MR) is 93.5 cm³/mol. The molecular weight excluding hydrogens is 314 g/mol. The molecule has 2 aromatic carbocycles. The van der Waals surface area contributed by atoms with Crippen LogP contribution in [0.1, 0.15) is 22.4 Å². The van der Waals surface area contributed by atoms with Gasteiger partial charge in [-0.2, -0.15) is 10.4 Å². The van der Waals surface area contributed by atoms with Crippen molar-refractivity contribution in [3.8, 4) is 23.4 Å². The minimum Gasteiger partial charge on any atom is -0.489 e. The van der Waals surface area contributed by atoms with Crippen molar-refractivity contribution in [2.75, 3.05) is 0 Å². The van der Waals surface area contributed by atoms with Crippen LogP contribution in [0.15, 0.2) is 54.6 Å². The maximum absolute atomic E-state index is 9.31. The molecule has 0 bridgehead atoms. The fourth-order valence-electron chi connectivity index (χ4n) is 2.25. The smallest absolute Gasteiger partial charge is 0.257 e. The lowest BCUT2D eigenvalue weighted by molar-refractivity contribution is 0.305. The van der Waals surface area contributed by atoms with Crippen LogP contribution in [0.4, 0.5) is 0 Å². The molecular formula is C20H17N3O2. The fourth-order valence-corrected chi connectivity index (χ4v) is 2.25. The van der Waals surface area contributed by atoms with E-state index in [1.54, 1.807) is 12.1 Å². The molecule has 0 saturated carbocycles. The summed E-state index contributed by atoms with van der Waals surface area (Å²) in [6.07, 6.45) is 0. The van der Waals surface area contributed by atoms with Crippen molar-refractivity contribution in [3.63, 3.8) is 0 Å². The Labute approximate surface area is 146 Å². The Hall–Kier alpha value is -3.39. The first-order valence-electron chi connectivity index (χ1n) is 7.86. The minimum absolute atomic E-state index is 0.212. The van der Waals surface area contributed by atoms with Crippen molar-refractivity contribution < 1.29 is 9.47 Å². The van der Waals surface area contributed by atoms with Crippen molar-refractivity contribution in [1.82, 2.24) is 10.2 Å². The molecule has 3 rings (SSSR count). The van der Waals surface area contributed by atoms with Gasteiger partial charge in [-0.3, -0.25) is 0 Å². The number of rotatable bonds is 5. The van der Waals surface area contributed by atoms with Crippen molar-refractivity contribution in [2.24, 2.45) is 0 Å². The van der Waals surface area contributed by atoms with Crippen LogP contribution in [0.2, 0.25) is 0 Å². The first-order valence-corrected chi connectivity index (χ1v) is 7.86. The van der Waals surface area contributed by atoms with Crippen LogP contribution in [0.5, 0.6) is 17.4 Å². The number of nitrogens with zero attached hydrogens (tertiary/aromatic N) is 3. The van der Waals surface area contributed by atoms with Gasteiger partial charge in [0, 0.05) is 0 Å². The van der Waals surface area contributed by atoms with Gasteiger partial charge >= 0.3 is 0 Å². The largest absolute Gasteiger partial charge is 0.489 e. The summed E-state index contributed by atoms with van der Waals surface area (Å²) in [5.74, 6) is 1.52. The monoisotopic (exact) mass is 331 g/mol. The second-order valence-corrected chi connectivity index (χ2v) is 5.55. The lowest BCUT2D eigenvalue weighted by Crippen LogP contribution is -2.00. The normalized spacial score (nSPS) is 10.1. The Balaban J connectivity index is 1.69. The Morgan fingerprint density at radius 3 is 2.28 bits per heavy atom. The summed E-state index contributed by atoms with van der Waals surface area (Å²) in [6, 6.07) is 19.3. The predicted octanol–water partition coefficient (Wildman–Crippen LogP) is 4.34. The highest BCUT2D eigenvalue weighted by atomic mass is 16.5. The maximum Gasteiger partial charge on any atom is 0.257 e. The molecule has 0 fully saturated rings. The summed E-state index contributed by atoms with van der Waals surface area (Å²) in [6.45, 7) is 4.14. The van der Waals surface area contributed by atoms with Crippen molar-refractivity contribution >= 4 is 0 Å². The molecule has 0 aliphatic heterocycles. The number of hydrogen-bond donors (Lipinski definition) is 0. The molecule has 25 heavy (non-hydrogen) atoms. The van der Waals surface area contributed by atoms with E-state index < -0.39 is 0 Å². The molecule has 0 radical (unpaired) electrons. The second kappa shape index (κ2) is 7.45. The molecule has 0 unspecified atom stereocenters. The van der Waals surface area contributed by atoms with Crippen LogP contribution in [-0.4, -0.2) is 10.2 Å². The van der Waals surface area contributed by atoms with Gasteiger partial charge in [0.1, 0.15) is 29.7 Å². The third kappa shape index (κ3) is 3.93. The number of benzene rings is 2. The number of nitriles is 1. The Morgan fingerprint density at radius 2 is 1.60 bits per heavy atom. The van der Waals surface area contributed by atoms with Gasteiger partial charge < -0.3 is 9.47 Å². The van der Waals surface area contributed by atoms with E-state index >= 15 is 0 Å². The standard InChI is InChI=1S/C20H17N3O2/c1-14-15(2)22-23-20(19(14)12-21)25-18-10-8-17(9-11-18)24-13-16-6-4-3-5-7-16/h3-11H,13H2,1-2H3. The van der Waals surface area contributed by atoms with E-state index in [0.29, 0.717) is 23.6 Å². The lowest BCUT2D eigenvalue weighted by atomic mass is 10.1. The third-order valence-electron chi connectivity index (χ3n) is 3.82. The quantitative estimate of drug-likeness (QED) is 0.696. The minimum atomic E-state index is 0.212. The zero-order valence-corrected chi connectivity index (χ0v) is 14.1. The molecule has 1 aromatic heterocycles. The van der Waals surface area contributed by atoms with Gasteiger partial charge in [-0.15, -0.1) is 5.10 Å². The number of aryl methyl sites for hydroxylation is 1. The Bertz CT molecular complexity index is 901. The van der Waals surface area contributed by atoms with E-state index in [9.17, 15) is 5.26 Å². The van der Waals surface area contributed by atoms with Crippen LogP contribution in [0, 0.1) is 25.2 Å². The SMILES string of the molecule is Cc1nnc(Oc2ccc(OCc3ccccc3)cc2)c(C#N)c1C. The van der Waals surface area contributed by atoms with Gasteiger partial charge in [0.15, 0.2) is 0 Å². The zero-order chi connectivity index (χ0) is 17.6. The van der Waals surface area contributed by atoms with Crippen LogP contribution in [0.25, 0.3) is 0 Å². The van der Waals surface area contributed by atoms with Crippen LogP contribution in [0.3, 0.4) is 0 Å². The summed E-state index contributed by atoms with van der Waals surface area (Å²) in [4.78, 5) is 0. The number of aromatic nitrogens is 2. The Kier molecular flexibility index (Phi) is 4.91. The average molecular weight is 331 g/mol. The van der Waals surface area contributed by atoms with Crippen LogP contribution < -0.4 is 9.47 Å². The van der Waals surface area contributed by atoms with E-state index in [-0.39, 0.29) is 5.88 Å². The first-order chi connectivity index (χ1) is 12.2. The lowest BCUT2D eigenvalue weighted by Gasteiger charge is -2.10. The molecule has 0 atom stereocenters. The summed E-state index contributed by atoms with van der Waals surface area (Å²) >= 11 is 0. The van der Waals surface area contributed by atoms with Crippen LogP contribution >= 0.6 is 0 Å². The van der Waals surface area contributed by atoms with Gasteiger partial charge in [-0.1, -0.05) is 30.3 Å². The van der Waals surface area contributed by atoms with Crippen LogP contribution in [-0.2, 0) is 6.61 Å². The number of ether oxygens (including phenoxy) is 2. The van der Waals surface area contributed by atoms with Gasteiger partial charge in [-0.05, 0) is 49.2 Å². The van der Waals surface area contributed by atoms with Crippen molar-refractivity contribution in [2.45, 2.75) is 20.5 Å². The summed E-state index contributed by atoms with van der Waals surface area (Å²) in [5, 5.41) is 17.3. The molecule has 0 saturated heterocycles. The van der Waals surface area contributed by atoms with Crippen molar-refractivity contribution in [3.05, 3.63) is 77.0 Å². The van der Waals surface area contributed by atoms with Gasteiger partial charge in [-0.25, -0.2) is 0 Å². The molecule has 0 N–H and O–H groups in total. The highest BCUT2D eigenvalue weighted by Crippen LogP contribution is 2.27. The highest BCUT2D eigenvalue weighted by Gasteiger charge is 2.12. The second-order valence-electron chi connectivity index (χ2n) is 5.55. The van der Waals surface area contributed by atoms with Gasteiger partial charge in [0.2, 0.25) is 0 Å². The van der Waals surface area contributed by atoms with E-state index in [2.05, 4.69) is 16.3 Å². The molecule has 0 amide bonds. The molecule has 0 spiro atoms. The average Bonchev–Trinajstić information content (AvgIpc) is 2.65. The third-order valence-corrected chi connectivity index (χ3v) is 3.82. The Morgan fingerprint density at radius 1 is 0.920 bits per heavy atom. The molecule has 124 valence electrons. The zero-order valence-electron chi connectivity index (χ0n) is 14.1. The van der Waals surface area contributed by atoms with E-state index in [4.69, 9.17) is 9.47 Å². The van der Waals surface area contributed by atoms with Gasteiger partial charge in [0.05, 0.1) is 5.69 Å². The first kappa shape index (κ1) is 16.5. The summed E-state index contributed by atoms with van der Waals surface area (Å²) in [7, 11) is 0.